The van der Waals surface area contributed by atoms with Gasteiger partial charge in [-0.2, -0.15) is 0 Å². The van der Waals surface area contributed by atoms with Gasteiger partial charge in [0.1, 0.15) is 17.6 Å². The van der Waals surface area contributed by atoms with E-state index in [-0.39, 0.29) is 37.7 Å². The highest BCUT2D eigenvalue weighted by Crippen LogP contribution is 2.23. The van der Waals surface area contributed by atoms with Gasteiger partial charge in [0, 0.05) is 32.5 Å². The zero-order valence-corrected chi connectivity index (χ0v) is 26.0. The monoisotopic (exact) mass is 611 g/mol. The lowest BCUT2D eigenvalue weighted by Crippen LogP contribution is -2.50. The first-order chi connectivity index (χ1) is 20.6. The van der Waals surface area contributed by atoms with Crippen molar-refractivity contribution in [1.29, 1.82) is 0 Å². The van der Waals surface area contributed by atoms with Gasteiger partial charge in [-0.05, 0) is 67.3 Å². The van der Waals surface area contributed by atoms with Gasteiger partial charge in [0.25, 0.3) is 0 Å². The number of amides is 2. The largest absolute Gasteiger partial charge is 0.494 e. The highest BCUT2D eigenvalue weighted by atomic mass is 32.2. The van der Waals surface area contributed by atoms with Gasteiger partial charge in [-0.25, -0.2) is 12.8 Å². The van der Waals surface area contributed by atoms with Crippen LogP contribution < -0.4 is 14.4 Å². The third-order valence-corrected chi connectivity index (χ3v) is 8.15. The molecule has 1 atom stereocenters. The number of ether oxygens (including phenoxy) is 1. The molecule has 232 valence electrons. The Labute approximate surface area is 254 Å². The molecule has 0 saturated carbocycles. The minimum Gasteiger partial charge on any atom is -0.494 e. The molecule has 3 aromatic carbocycles. The Morgan fingerprint density at radius 2 is 1.58 bits per heavy atom. The minimum atomic E-state index is -3.63. The SMILES string of the molecule is CCCCNC(=O)[C@H](Cc1ccccc1)N(Cc1ccc(F)cc1)C(=O)CCCN(c1ccc(OCC)cc1)S(C)(=O)=O. The molecule has 2 amide bonds. The molecule has 1 N–H and O–H groups in total. The third kappa shape index (κ3) is 10.7. The molecule has 0 aliphatic carbocycles. The van der Waals surface area contributed by atoms with Crippen molar-refractivity contribution < 1.29 is 27.1 Å². The number of rotatable bonds is 17. The summed E-state index contributed by atoms with van der Waals surface area (Å²) in [6, 6.07) is 21.3. The van der Waals surface area contributed by atoms with E-state index < -0.39 is 21.9 Å². The quantitative estimate of drug-likeness (QED) is 0.208. The van der Waals surface area contributed by atoms with Crippen molar-refractivity contribution in [1.82, 2.24) is 10.2 Å². The minimum absolute atomic E-state index is 0.0117. The summed E-state index contributed by atoms with van der Waals surface area (Å²) in [6.45, 7) is 5.07. The van der Waals surface area contributed by atoms with Crippen molar-refractivity contribution >= 4 is 27.5 Å². The van der Waals surface area contributed by atoms with Crippen LogP contribution in [-0.2, 0) is 32.6 Å². The van der Waals surface area contributed by atoms with Gasteiger partial charge in [0.05, 0.1) is 18.6 Å². The van der Waals surface area contributed by atoms with Crippen molar-refractivity contribution in [2.24, 2.45) is 0 Å². The summed E-state index contributed by atoms with van der Waals surface area (Å²) in [6.07, 6.45) is 3.39. The molecule has 0 fully saturated rings. The first-order valence-corrected chi connectivity index (χ1v) is 16.5. The topological polar surface area (TPSA) is 96.0 Å². The summed E-state index contributed by atoms with van der Waals surface area (Å²) < 4.78 is 45.7. The van der Waals surface area contributed by atoms with E-state index in [4.69, 9.17) is 4.74 Å². The number of hydrogen-bond donors (Lipinski definition) is 1. The smallest absolute Gasteiger partial charge is 0.243 e. The lowest BCUT2D eigenvalue weighted by molar-refractivity contribution is -0.141. The average molecular weight is 612 g/mol. The van der Waals surface area contributed by atoms with Crippen LogP contribution in [0.3, 0.4) is 0 Å². The lowest BCUT2D eigenvalue weighted by Gasteiger charge is -2.32. The van der Waals surface area contributed by atoms with E-state index in [2.05, 4.69) is 5.32 Å². The molecular weight excluding hydrogens is 569 g/mol. The van der Waals surface area contributed by atoms with Crippen LogP contribution in [0.25, 0.3) is 0 Å². The molecule has 8 nitrogen and oxygen atoms in total. The normalized spacial score (nSPS) is 11.9. The highest BCUT2D eigenvalue weighted by molar-refractivity contribution is 7.92. The van der Waals surface area contributed by atoms with E-state index in [1.165, 1.54) is 21.3 Å². The molecule has 0 unspecified atom stereocenters. The van der Waals surface area contributed by atoms with Crippen LogP contribution in [0.15, 0.2) is 78.9 Å². The number of unbranched alkanes of at least 4 members (excludes halogenated alkanes) is 1. The number of halogens is 1. The second-order valence-corrected chi connectivity index (χ2v) is 12.3. The Morgan fingerprint density at radius 3 is 2.19 bits per heavy atom. The number of carbonyl (C=O) groups is 2. The predicted molar refractivity (Wildman–Crippen MR) is 168 cm³/mol. The second kappa shape index (κ2) is 16.6. The molecule has 0 heterocycles. The first-order valence-electron chi connectivity index (χ1n) is 14.7. The van der Waals surface area contributed by atoms with Crippen molar-refractivity contribution in [2.75, 3.05) is 30.3 Å². The van der Waals surface area contributed by atoms with Crippen LogP contribution in [0.4, 0.5) is 10.1 Å². The summed E-state index contributed by atoms with van der Waals surface area (Å²) in [5.74, 6) is -0.320. The zero-order chi connectivity index (χ0) is 31.2. The maximum Gasteiger partial charge on any atom is 0.243 e. The second-order valence-electron chi connectivity index (χ2n) is 10.4. The molecule has 0 spiro atoms. The van der Waals surface area contributed by atoms with Crippen molar-refractivity contribution in [3.8, 4) is 5.75 Å². The Morgan fingerprint density at radius 1 is 0.907 bits per heavy atom. The summed E-state index contributed by atoms with van der Waals surface area (Å²) in [7, 11) is -3.63. The maximum atomic E-state index is 13.9. The predicted octanol–water partition coefficient (Wildman–Crippen LogP) is 5.33. The lowest BCUT2D eigenvalue weighted by atomic mass is 10.0. The van der Waals surface area contributed by atoms with E-state index in [1.807, 2.05) is 44.2 Å². The fourth-order valence-corrected chi connectivity index (χ4v) is 5.69. The molecule has 3 rings (SSSR count). The van der Waals surface area contributed by atoms with Crippen molar-refractivity contribution in [3.05, 3.63) is 95.8 Å². The summed E-state index contributed by atoms with van der Waals surface area (Å²) in [4.78, 5) is 28.9. The molecule has 3 aromatic rings. The Balaban J connectivity index is 1.84. The highest BCUT2D eigenvalue weighted by Gasteiger charge is 2.30. The van der Waals surface area contributed by atoms with Crippen LogP contribution in [0.5, 0.6) is 5.75 Å². The van der Waals surface area contributed by atoms with Crippen LogP contribution in [-0.4, -0.2) is 57.1 Å². The molecule has 0 aliphatic heterocycles. The molecule has 10 heteroatoms. The van der Waals surface area contributed by atoms with E-state index in [0.29, 0.717) is 36.6 Å². The van der Waals surface area contributed by atoms with Crippen LogP contribution in [0, 0.1) is 5.82 Å². The fraction of sp³-hybridized carbons (Fsp3) is 0.394. The van der Waals surface area contributed by atoms with Gasteiger partial charge in [-0.3, -0.25) is 13.9 Å². The Bertz CT molecular complexity index is 1400. The Kier molecular flexibility index (Phi) is 13.0. The number of nitrogens with one attached hydrogen (secondary N) is 1. The summed E-state index contributed by atoms with van der Waals surface area (Å²) in [5.41, 5.74) is 2.05. The zero-order valence-electron chi connectivity index (χ0n) is 25.2. The van der Waals surface area contributed by atoms with Crippen LogP contribution in [0.1, 0.15) is 50.7 Å². The van der Waals surface area contributed by atoms with Crippen molar-refractivity contribution in [2.45, 2.75) is 58.5 Å². The standard InChI is InChI=1S/C33H42FN3O5S/c1-4-6-22-35-33(39)31(24-26-11-8-7-9-12-26)36(25-27-14-16-28(34)17-15-27)32(38)13-10-23-37(43(3,40)41)29-18-20-30(21-19-29)42-5-2/h7-9,11-12,14-21,31H,4-6,10,13,22-25H2,1-3H3,(H,35,39)/t31-/m0/s1. The van der Waals surface area contributed by atoms with Gasteiger partial charge in [-0.15, -0.1) is 0 Å². The number of benzene rings is 3. The van der Waals surface area contributed by atoms with Gasteiger partial charge in [-0.1, -0.05) is 55.8 Å². The number of anilines is 1. The molecule has 0 saturated heterocycles. The van der Waals surface area contributed by atoms with Crippen molar-refractivity contribution in [3.63, 3.8) is 0 Å². The molecule has 0 aliphatic rings. The molecule has 0 aromatic heterocycles. The number of carbonyl (C=O) groups excluding carboxylic acids is 2. The number of sulfonamides is 1. The molecule has 0 radical (unpaired) electrons. The number of hydrogen-bond acceptors (Lipinski definition) is 5. The third-order valence-electron chi connectivity index (χ3n) is 6.95. The summed E-state index contributed by atoms with van der Waals surface area (Å²) >= 11 is 0. The molecule has 0 bridgehead atoms. The van der Waals surface area contributed by atoms with Gasteiger partial charge >= 0.3 is 0 Å². The van der Waals surface area contributed by atoms with Crippen LogP contribution in [0.2, 0.25) is 0 Å². The molecule has 43 heavy (non-hydrogen) atoms. The van der Waals surface area contributed by atoms with E-state index >= 15 is 0 Å². The van der Waals surface area contributed by atoms with E-state index in [1.54, 1.807) is 36.4 Å². The first kappa shape index (κ1) is 33.6. The number of nitrogens with zero attached hydrogens (tertiary/aromatic N) is 2. The van der Waals surface area contributed by atoms with Gasteiger partial charge in [0.2, 0.25) is 21.8 Å². The van der Waals surface area contributed by atoms with E-state index in [0.717, 1.165) is 24.7 Å². The fourth-order valence-electron chi connectivity index (χ4n) is 4.73. The Hall–Kier alpha value is -3.92. The molecular formula is C33H42FN3O5S. The average Bonchev–Trinajstić information content (AvgIpc) is 2.98. The van der Waals surface area contributed by atoms with E-state index in [9.17, 15) is 22.4 Å². The summed E-state index contributed by atoms with van der Waals surface area (Å²) in [5, 5.41) is 2.97. The maximum absolute atomic E-state index is 13.9. The van der Waals surface area contributed by atoms with Gasteiger partial charge < -0.3 is 15.0 Å². The van der Waals surface area contributed by atoms with Gasteiger partial charge in [0.15, 0.2) is 0 Å². The van der Waals surface area contributed by atoms with Crippen LogP contribution >= 0.6 is 0 Å².